The van der Waals surface area contributed by atoms with Crippen LogP contribution in [0.15, 0.2) is 200 Å². The third kappa shape index (κ3) is 5.77. The second-order valence-electron chi connectivity index (χ2n) is 15.2. The fourth-order valence-corrected chi connectivity index (χ4v) is 8.72. The van der Waals surface area contributed by atoms with Gasteiger partial charge < -0.3 is 0 Å². The van der Waals surface area contributed by atoms with Gasteiger partial charge in [0, 0.05) is 16.5 Å². The normalized spacial score (nSPS) is 12.7. The number of fused-ring (bicyclic) bond motifs is 5. The van der Waals surface area contributed by atoms with Gasteiger partial charge in [0.15, 0.2) is 0 Å². The van der Waals surface area contributed by atoms with Crippen molar-refractivity contribution in [1.29, 1.82) is 0 Å². The van der Waals surface area contributed by atoms with E-state index in [1.54, 1.807) is 0 Å². The summed E-state index contributed by atoms with van der Waals surface area (Å²) in [4.78, 5) is 5.37. The highest BCUT2D eigenvalue weighted by atomic mass is 14.7. The highest BCUT2D eigenvalue weighted by Crippen LogP contribution is 2.55. The van der Waals surface area contributed by atoms with E-state index in [1.807, 2.05) is 0 Å². The van der Waals surface area contributed by atoms with Gasteiger partial charge in [-0.15, -0.1) is 0 Å². The van der Waals surface area contributed by atoms with Gasteiger partial charge in [-0.1, -0.05) is 172 Å². The number of pyridine rings is 1. The number of hydrogen-bond donors (Lipinski definition) is 0. The van der Waals surface area contributed by atoms with Crippen molar-refractivity contribution in [2.75, 3.05) is 0 Å². The van der Waals surface area contributed by atoms with Crippen LogP contribution in [0.5, 0.6) is 0 Å². The van der Waals surface area contributed by atoms with Gasteiger partial charge in [-0.2, -0.15) is 0 Å². The first kappa shape index (κ1) is 32.8. The van der Waals surface area contributed by atoms with Crippen LogP contribution in [0.3, 0.4) is 0 Å². The van der Waals surface area contributed by atoms with Crippen molar-refractivity contribution in [3.63, 3.8) is 0 Å². The summed E-state index contributed by atoms with van der Waals surface area (Å²) in [7, 11) is 0. The molecule has 0 spiro atoms. The molecule has 260 valence electrons. The fraction of sp³-hybridized carbons (Fsp3) is 0.0556. The van der Waals surface area contributed by atoms with Crippen LogP contribution < -0.4 is 0 Å². The second kappa shape index (κ2) is 13.2. The van der Waals surface area contributed by atoms with Crippen LogP contribution in [0.25, 0.3) is 88.9 Å². The minimum Gasteiger partial charge on any atom is -0.248 e. The highest BCUT2D eigenvalue weighted by Gasteiger charge is 2.38. The predicted octanol–water partition coefficient (Wildman–Crippen LogP) is 14.5. The molecule has 1 aliphatic rings. The maximum absolute atomic E-state index is 5.37. The zero-order chi connectivity index (χ0) is 36.9. The summed E-state index contributed by atoms with van der Waals surface area (Å²) in [6.45, 7) is 4.76. The second-order valence-corrected chi connectivity index (χ2v) is 15.2. The molecular weight excluding hydrogens is 663 g/mol. The zero-order valence-corrected chi connectivity index (χ0v) is 31.0. The lowest BCUT2D eigenvalue weighted by Gasteiger charge is -2.24. The Balaban J connectivity index is 1.18. The van der Waals surface area contributed by atoms with Crippen LogP contribution in [-0.2, 0) is 5.41 Å². The number of benzene rings is 8. The Morgan fingerprint density at radius 1 is 0.345 bits per heavy atom. The predicted molar refractivity (Wildman–Crippen MR) is 232 cm³/mol. The summed E-state index contributed by atoms with van der Waals surface area (Å²) < 4.78 is 0. The lowest BCUT2D eigenvalue weighted by molar-refractivity contribution is 0.666. The lowest BCUT2D eigenvalue weighted by atomic mass is 9.79. The largest absolute Gasteiger partial charge is 0.248 e. The van der Waals surface area contributed by atoms with E-state index in [4.69, 9.17) is 4.98 Å². The molecule has 1 aromatic heterocycles. The first-order valence-electron chi connectivity index (χ1n) is 19.1. The summed E-state index contributed by atoms with van der Waals surface area (Å²) in [6.07, 6.45) is 0. The molecular formula is C54H39N. The van der Waals surface area contributed by atoms with Gasteiger partial charge in [0.25, 0.3) is 0 Å². The van der Waals surface area contributed by atoms with E-state index in [2.05, 4.69) is 214 Å². The van der Waals surface area contributed by atoms with Crippen molar-refractivity contribution in [3.8, 4) is 78.1 Å². The van der Waals surface area contributed by atoms with E-state index in [1.165, 1.54) is 66.4 Å². The molecule has 55 heavy (non-hydrogen) atoms. The Morgan fingerprint density at radius 2 is 0.836 bits per heavy atom. The molecule has 0 atom stereocenters. The Morgan fingerprint density at radius 3 is 1.53 bits per heavy atom. The van der Waals surface area contributed by atoms with Gasteiger partial charge in [0.2, 0.25) is 0 Å². The van der Waals surface area contributed by atoms with Gasteiger partial charge in [-0.25, -0.2) is 4.98 Å². The number of aromatic nitrogens is 1. The zero-order valence-electron chi connectivity index (χ0n) is 31.0. The summed E-state index contributed by atoms with van der Waals surface area (Å²) in [5, 5.41) is 2.60. The van der Waals surface area contributed by atoms with Gasteiger partial charge >= 0.3 is 0 Å². The van der Waals surface area contributed by atoms with Crippen molar-refractivity contribution in [1.82, 2.24) is 4.98 Å². The third-order valence-corrected chi connectivity index (χ3v) is 11.4. The first-order valence-corrected chi connectivity index (χ1v) is 19.1. The molecule has 0 fully saturated rings. The molecule has 1 aliphatic carbocycles. The van der Waals surface area contributed by atoms with E-state index in [9.17, 15) is 0 Å². The van der Waals surface area contributed by atoms with Gasteiger partial charge in [-0.3, -0.25) is 0 Å². The van der Waals surface area contributed by atoms with E-state index in [0.29, 0.717) is 0 Å². The molecule has 0 saturated carbocycles. The third-order valence-electron chi connectivity index (χ3n) is 11.4. The van der Waals surface area contributed by atoms with Crippen molar-refractivity contribution >= 4 is 10.8 Å². The van der Waals surface area contributed by atoms with Crippen molar-refractivity contribution in [2.45, 2.75) is 19.3 Å². The SMILES string of the molecule is CC1(C)c2ccccc2-c2c(-c3cccc(-c4cc(-c5ccccc5)nc(-c5cc(-c6ccccc6)cc(-c6ccccc6)c5)c4)c3)cc3ccccc3c21. The maximum Gasteiger partial charge on any atom is 0.0716 e. The van der Waals surface area contributed by atoms with Gasteiger partial charge in [-0.05, 0) is 120 Å². The highest BCUT2D eigenvalue weighted by molar-refractivity contribution is 6.05. The lowest BCUT2D eigenvalue weighted by Crippen LogP contribution is -2.15. The molecule has 8 aromatic carbocycles. The molecule has 0 amide bonds. The minimum absolute atomic E-state index is 0.114. The molecule has 0 aliphatic heterocycles. The smallest absolute Gasteiger partial charge is 0.0716 e. The van der Waals surface area contributed by atoms with Gasteiger partial charge in [0.05, 0.1) is 11.4 Å². The molecule has 1 heterocycles. The first-order chi connectivity index (χ1) is 27.0. The molecule has 0 saturated heterocycles. The topological polar surface area (TPSA) is 12.9 Å². The summed E-state index contributed by atoms with van der Waals surface area (Å²) in [5.74, 6) is 0. The van der Waals surface area contributed by atoms with E-state index >= 15 is 0 Å². The van der Waals surface area contributed by atoms with E-state index in [-0.39, 0.29) is 5.41 Å². The Bertz CT molecular complexity index is 2810. The van der Waals surface area contributed by atoms with Crippen LogP contribution in [0.4, 0.5) is 0 Å². The van der Waals surface area contributed by atoms with Crippen molar-refractivity contribution in [3.05, 3.63) is 211 Å². The summed E-state index contributed by atoms with van der Waals surface area (Å²) in [5.41, 5.74) is 18.9. The van der Waals surface area contributed by atoms with Crippen LogP contribution in [0.1, 0.15) is 25.0 Å². The maximum atomic E-state index is 5.37. The number of hydrogen-bond acceptors (Lipinski definition) is 1. The average molecular weight is 702 g/mol. The molecule has 9 aromatic rings. The molecule has 1 heteroatoms. The molecule has 0 radical (unpaired) electrons. The fourth-order valence-electron chi connectivity index (χ4n) is 8.72. The van der Waals surface area contributed by atoms with E-state index in [0.717, 1.165) is 33.6 Å². The van der Waals surface area contributed by atoms with Gasteiger partial charge in [0.1, 0.15) is 0 Å². The Hall–Kier alpha value is -6.83. The summed E-state index contributed by atoms with van der Waals surface area (Å²) in [6, 6.07) is 72.6. The Kier molecular flexibility index (Phi) is 7.89. The molecule has 0 bridgehead atoms. The van der Waals surface area contributed by atoms with Crippen molar-refractivity contribution < 1.29 is 0 Å². The quantitative estimate of drug-likeness (QED) is 0.168. The number of rotatable bonds is 6. The van der Waals surface area contributed by atoms with Crippen LogP contribution in [0, 0.1) is 0 Å². The van der Waals surface area contributed by atoms with Crippen LogP contribution in [-0.4, -0.2) is 4.98 Å². The monoisotopic (exact) mass is 701 g/mol. The average Bonchev–Trinajstić information content (AvgIpc) is 3.50. The minimum atomic E-state index is -0.114. The molecule has 0 unspecified atom stereocenters. The van der Waals surface area contributed by atoms with Crippen LogP contribution in [0.2, 0.25) is 0 Å². The molecule has 1 nitrogen and oxygen atoms in total. The standard InChI is InChI=1S/C54H39N/c1-54(2)49-28-15-14-27-47(49)52-48(33-41-23-12-13-26-46(41)53(52)54)40-25-16-24-39(29-40)44-34-50(38-21-10-5-11-22-38)55-51(35-44)45-31-42(36-17-6-3-7-18-36)30-43(32-45)37-19-8-4-9-20-37/h3-35H,1-2H3. The number of nitrogens with zero attached hydrogens (tertiary/aromatic N) is 1. The van der Waals surface area contributed by atoms with Crippen LogP contribution >= 0.6 is 0 Å². The van der Waals surface area contributed by atoms with Crippen molar-refractivity contribution in [2.24, 2.45) is 0 Å². The Labute approximate surface area is 323 Å². The molecule has 0 N–H and O–H groups in total. The van der Waals surface area contributed by atoms with E-state index < -0.39 is 0 Å². The summed E-state index contributed by atoms with van der Waals surface area (Å²) >= 11 is 0. The molecule has 10 rings (SSSR count).